The Labute approximate surface area is 186 Å². The summed E-state index contributed by atoms with van der Waals surface area (Å²) in [6.45, 7) is 6.33. The Kier molecular flexibility index (Phi) is 6.08. The summed E-state index contributed by atoms with van der Waals surface area (Å²) in [5.41, 5.74) is 1.21. The predicted octanol–water partition coefficient (Wildman–Crippen LogP) is 4.32. The number of rotatable bonds is 3. The Hall–Kier alpha value is -0.940. The first kappa shape index (κ1) is 22.3. The van der Waals surface area contributed by atoms with Gasteiger partial charge in [0.05, 0.1) is 5.71 Å². The average molecular weight is 437 g/mol. The van der Waals surface area contributed by atoms with E-state index < -0.39 is 0 Å². The van der Waals surface area contributed by atoms with E-state index in [-0.39, 0.29) is 46.6 Å². The molecule has 5 aliphatic rings. The molecule has 0 bridgehead atoms. The fraction of sp³-hybridized carbons (Fsp3) is 0.875. The highest BCUT2D eigenvalue weighted by Gasteiger charge is 2.63. The van der Waals surface area contributed by atoms with E-state index in [1.165, 1.54) is 25.7 Å². The Morgan fingerprint density at radius 1 is 1.03 bits per heavy atom. The summed E-state index contributed by atoms with van der Waals surface area (Å²) in [7, 11) is 0. The molecule has 0 aromatic rings. The number of ketones is 2. The van der Waals surface area contributed by atoms with Gasteiger partial charge in [0.1, 0.15) is 6.61 Å². The second kappa shape index (κ2) is 8.20. The SMILES string of the molecule is C[C@@]12CCC[C@H]1[C@@H]1C(=O)C(=O)C3CC(=NOC[C@@H]4CCCN4)CC[C@]3(C)[C@H]1CC2.Cl. The molecule has 5 fully saturated rings. The lowest BCUT2D eigenvalue weighted by Gasteiger charge is -2.58. The van der Waals surface area contributed by atoms with E-state index in [1.807, 2.05) is 0 Å². The van der Waals surface area contributed by atoms with E-state index in [9.17, 15) is 9.59 Å². The molecule has 5 nitrogen and oxygen atoms in total. The summed E-state index contributed by atoms with van der Waals surface area (Å²) in [6.07, 6.45) is 10.7. The third-order valence-electron chi connectivity index (χ3n) is 9.58. The van der Waals surface area contributed by atoms with Gasteiger partial charge in [-0.25, -0.2) is 0 Å². The summed E-state index contributed by atoms with van der Waals surface area (Å²) >= 11 is 0. The zero-order valence-corrected chi connectivity index (χ0v) is 19.3. The van der Waals surface area contributed by atoms with Crippen LogP contribution in [0.1, 0.15) is 78.1 Å². The van der Waals surface area contributed by atoms with Gasteiger partial charge in [-0.05, 0) is 87.0 Å². The molecule has 0 spiro atoms. The normalized spacial score (nSPS) is 46.7. The van der Waals surface area contributed by atoms with Gasteiger partial charge >= 0.3 is 0 Å². The number of Topliss-reactive ketones (excluding diaryl/α,β-unsaturated/α-hetero) is 2. The Morgan fingerprint density at radius 2 is 1.87 bits per heavy atom. The molecule has 4 aliphatic carbocycles. The molecule has 1 saturated heterocycles. The van der Waals surface area contributed by atoms with Gasteiger partial charge in [0.2, 0.25) is 11.6 Å². The third-order valence-corrected chi connectivity index (χ3v) is 9.58. The summed E-state index contributed by atoms with van der Waals surface area (Å²) < 4.78 is 0. The molecule has 0 aromatic heterocycles. The van der Waals surface area contributed by atoms with E-state index >= 15 is 0 Å². The van der Waals surface area contributed by atoms with Gasteiger partial charge in [-0.1, -0.05) is 25.4 Å². The van der Waals surface area contributed by atoms with Crippen molar-refractivity contribution in [1.29, 1.82) is 0 Å². The van der Waals surface area contributed by atoms with Gasteiger partial charge in [-0.3, -0.25) is 9.59 Å². The Bertz CT molecular complexity index is 734. The second-order valence-electron chi connectivity index (χ2n) is 11.1. The zero-order chi connectivity index (χ0) is 20.2. The molecule has 0 amide bonds. The van der Waals surface area contributed by atoms with Crippen LogP contribution in [0.4, 0.5) is 0 Å². The fourth-order valence-corrected chi connectivity index (χ4v) is 7.76. The van der Waals surface area contributed by atoms with Crippen LogP contribution in [0.15, 0.2) is 5.16 Å². The molecular formula is C24H37ClN2O3. The first-order valence-corrected chi connectivity index (χ1v) is 11.9. The average Bonchev–Trinajstić information content (AvgIpc) is 3.35. The van der Waals surface area contributed by atoms with Crippen molar-refractivity contribution in [2.45, 2.75) is 84.1 Å². The highest BCUT2D eigenvalue weighted by molar-refractivity contribution is 6.40. The van der Waals surface area contributed by atoms with Crippen molar-refractivity contribution < 1.29 is 14.4 Å². The fourth-order valence-electron chi connectivity index (χ4n) is 7.76. The molecule has 0 radical (unpaired) electrons. The van der Waals surface area contributed by atoms with Crippen LogP contribution < -0.4 is 5.32 Å². The van der Waals surface area contributed by atoms with Crippen LogP contribution in [-0.4, -0.2) is 36.5 Å². The number of nitrogens with zero attached hydrogens (tertiary/aromatic N) is 1. The van der Waals surface area contributed by atoms with E-state index in [2.05, 4.69) is 24.3 Å². The molecule has 1 heterocycles. The number of carbonyl (C=O) groups is 2. The molecule has 5 rings (SSSR count). The molecule has 1 unspecified atom stereocenters. The molecule has 1 aliphatic heterocycles. The second-order valence-corrected chi connectivity index (χ2v) is 11.1. The van der Waals surface area contributed by atoms with Crippen molar-refractivity contribution in [3.63, 3.8) is 0 Å². The smallest absolute Gasteiger partial charge is 0.202 e. The van der Waals surface area contributed by atoms with Crippen molar-refractivity contribution in [2.75, 3.05) is 13.2 Å². The summed E-state index contributed by atoms with van der Waals surface area (Å²) in [5, 5.41) is 7.83. The van der Waals surface area contributed by atoms with Crippen molar-refractivity contribution >= 4 is 29.7 Å². The van der Waals surface area contributed by atoms with Crippen LogP contribution in [0.25, 0.3) is 0 Å². The maximum Gasteiger partial charge on any atom is 0.202 e. The van der Waals surface area contributed by atoms with Crippen LogP contribution >= 0.6 is 12.4 Å². The van der Waals surface area contributed by atoms with Gasteiger partial charge in [0, 0.05) is 17.9 Å². The van der Waals surface area contributed by atoms with E-state index in [0.717, 1.165) is 44.4 Å². The van der Waals surface area contributed by atoms with Crippen molar-refractivity contribution in [3.05, 3.63) is 0 Å². The topological polar surface area (TPSA) is 67.8 Å². The van der Waals surface area contributed by atoms with Gasteiger partial charge in [-0.15, -0.1) is 12.4 Å². The third kappa shape index (κ3) is 3.44. The van der Waals surface area contributed by atoms with E-state index in [4.69, 9.17) is 4.84 Å². The number of halogens is 1. The lowest BCUT2D eigenvalue weighted by atomic mass is 9.44. The van der Waals surface area contributed by atoms with Crippen LogP contribution in [0.2, 0.25) is 0 Å². The highest BCUT2D eigenvalue weighted by atomic mass is 35.5. The first-order chi connectivity index (χ1) is 13.9. The van der Waals surface area contributed by atoms with Crippen LogP contribution in [0, 0.1) is 34.5 Å². The highest BCUT2D eigenvalue weighted by Crippen LogP contribution is 2.64. The maximum absolute atomic E-state index is 13.3. The Morgan fingerprint density at radius 3 is 2.63 bits per heavy atom. The summed E-state index contributed by atoms with van der Waals surface area (Å²) in [6, 6.07) is 0.398. The maximum atomic E-state index is 13.3. The molecule has 6 heteroatoms. The molecule has 168 valence electrons. The van der Waals surface area contributed by atoms with E-state index in [1.54, 1.807) is 0 Å². The number of hydrogen-bond donors (Lipinski definition) is 1. The molecular weight excluding hydrogens is 400 g/mol. The molecule has 4 saturated carbocycles. The van der Waals surface area contributed by atoms with Gasteiger partial charge in [0.25, 0.3) is 0 Å². The number of oxime groups is 1. The standard InChI is InChI=1S/C24H36N2O3.ClH/c1-23-9-3-6-17(23)20-18(8-10-23)24(2)11-7-15(13-19(24)21(27)22(20)28)26-29-14-16-5-4-12-25-16;/h16-20,25H,3-14H2,1-2H3;1H/t16-,17-,18-,19?,20-,23-,24+;/m0./s1. The first-order valence-electron chi connectivity index (χ1n) is 11.9. The van der Waals surface area contributed by atoms with Gasteiger partial charge in [-0.2, -0.15) is 0 Å². The number of fused-ring (bicyclic) bond motifs is 5. The minimum absolute atomic E-state index is 0. The van der Waals surface area contributed by atoms with Crippen molar-refractivity contribution in [2.24, 2.45) is 39.7 Å². The van der Waals surface area contributed by atoms with Gasteiger partial charge in [0.15, 0.2) is 0 Å². The lowest BCUT2D eigenvalue weighted by molar-refractivity contribution is -0.164. The monoisotopic (exact) mass is 436 g/mol. The van der Waals surface area contributed by atoms with Crippen molar-refractivity contribution in [1.82, 2.24) is 5.32 Å². The minimum atomic E-state index is -0.192. The number of hydrogen-bond acceptors (Lipinski definition) is 5. The zero-order valence-electron chi connectivity index (χ0n) is 18.5. The van der Waals surface area contributed by atoms with E-state index in [0.29, 0.717) is 30.9 Å². The van der Waals surface area contributed by atoms with Crippen LogP contribution in [0.3, 0.4) is 0 Å². The number of carbonyl (C=O) groups excluding carboxylic acids is 2. The predicted molar refractivity (Wildman–Crippen MR) is 119 cm³/mol. The van der Waals surface area contributed by atoms with Crippen LogP contribution in [-0.2, 0) is 14.4 Å². The van der Waals surface area contributed by atoms with Crippen LogP contribution in [0.5, 0.6) is 0 Å². The lowest BCUT2D eigenvalue weighted by Crippen LogP contribution is -2.60. The molecule has 0 aromatic carbocycles. The number of nitrogens with one attached hydrogen (secondary N) is 1. The summed E-state index contributed by atoms with van der Waals surface area (Å²) in [4.78, 5) is 32.2. The summed E-state index contributed by atoms with van der Waals surface area (Å²) in [5.74, 6) is 0.435. The van der Waals surface area contributed by atoms with Crippen molar-refractivity contribution in [3.8, 4) is 0 Å². The molecule has 1 N–H and O–H groups in total. The molecule has 30 heavy (non-hydrogen) atoms. The Balaban J connectivity index is 0.00000218. The molecule has 7 atom stereocenters. The minimum Gasteiger partial charge on any atom is -0.394 e. The quantitative estimate of drug-likeness (QED) is 0.528. The van der Waals surface area contributed by atoms with Gasteiger partial charge < -0.3 is 10.2 Å². The largest absolute Gasteiger partial charge is 0.394 e.